The minimum absolute atomic E-state index is 0.118. The maximum absolute atomic E-state index is 13.3. The smallest absolute Gasteiger partial charge is 0.227 e. The lowest BCUT2D eigenvalue weighted by Crippen LogP contribution is -2.46. The highest BCUT2D eigenvalue weighted by atomic mass is 16.5. The van der Waals surface area contributed by atoms with Crippen molar-refractivity contribution in [1.29, 1.82) is 0 Å². The summed E-state index contributed by atoms with van der Waals surface area (Å²) in [6.07, 6.45) is 1.74. The molecule has 4 heteroatoms. The van der Waals surface area contributed by atoms with Crippen LogP contribution in [0.4, 0.5) is 0 Å². The second-order valence-electron chi connectivity index (χ2n) is 7.01. The van der Waals surface area contributed by atoms with Crippen molar-refractivity contribution in [3.8, 4) is 0 Å². The fraction of sp³-hybridized carbons (Fsp3) is 0.409. The van der Waals surface area contributed by atoms with Crippen LogP contribution in [0.3, 0.4) is 0 Å². The van der Waals surface area contributed by atoms with E-state index in [0.29, 0.717) is 13.2 Å². The van der Waals surface area contributed by atoms with Crippen LogP contribution in [0.15, 0.2) is 60.7 Å². The molecule has 1 aliphatic rings. The molecule has 1 amide bonds. The highest BCUT2D eigenvalue weighted by Crippen LogP contribution is 2.24. The topological polar surface area (TPSA) is 55.6 Å². The molecule has 0 saturated carbocycles. The van der Waals surface area contributed by atoms with Gasteiger partial charge in [-0.3, -0.25) is 4.79 Å². The molecule has 2 aromatic rings. The Morgan fingerprint density at radius 1 is 1.15 bits per heavy atom. The van der Waals surface area contributed by atoms with Gasteiger partial charge in [0.2, 0.25) is 5.91 Å². The van der Waals surface area contributed by atoms with Crippen LogP contribution in [-0.2, 0) is 16.0 Å². The number of nitrogens with two attached hydrogens (primary N) is 1. The molecule has 1 fully saturated rings. The molecule has 0 bridgehead atoms. The first-order valence-corrected chi connectivity index (χ1v) is 9.39. The summed E-state index contributed by atoms with van der Waals surface area (Å²) in [5, 5.41) is 0. The lowest BCUT2D eigenvalue weighted by atomic mass is 9.93. The third-order valence-corrected chi connectivity index (χ3v) is 5.23. The van der Waals surface area contributed by atoms with E-state index in [1.807, 2.05) is 60.4 Å². The Labute approximate surface area is 156 Å². The number of amides is 1. The van der Waals surface area contributed by atoms with Crippen LogP contribution < -0.4 is 5.73 Å². The maximum Gasteiger partial charge on any atom is 0.227 e. The van der Waals surface area contributed by atoms with Crippen molar-refractivity contribution in [2.75, 3.05) is 19.8 Å². The minimum Gasteiger partial charge on any atom is -0.379 e. The van der Waals surface area contributed by atoms with Crippen LogP contribution in [-0.4, -0.2) is 36.6 Å². The average molecular weight is 352 g/mol. The van der Waals surface area contributed by atoms with Gasteiger partial charge in [-0.25, -0.2) is 0 Å². The molecule has 3 atom stereocenters. The van der Waals surface area contributed by atoms with Crippen molar-refractivity contribution < 1.29 is 9.53 Å². The minimum atomic E-state index is -0.301. The molecule has 1 heterocycles. The zero-order valence-electron chi connectivity index (χ0n) is 15.4. The average Bonchev–Trinajstić information content (AvgIpc) is 3.23. The van der Waals surface area contributed by atoms with Crippen molar-refractivity contribution in [1.82, 2.24) is 4.90 Å². The van der Waals surface area contributed by atoms with Gasteiger partial charge in [-0.2, -0.15) is 0 Å². The van der Waals surface area contributed by atoms with E-state index in [-0.39, 0.29) is 23.9 Å². The number of carbonyl (C=O) groups is 1. The van der Waals surface area contributed by atoms with Crippen LogP contribution in [0.2, 0.25) is 0 Å². The monoisotopic (exact) mass is 352 g/mol. The Hall–Kier alpha value is -2.17. The standard InChI is InChI=1S/C22H28N2O2/c1-17(21(23)19-10-6-3-7-11-19)22(25)24(20-13-15-26-16-20)14-12-18-8-4-2-5-9-18/h2-11,17,20-21H,12-16,23H2,1H3. The summed E-state index contributed by atoms with van der Waals surface area (Å²) in [5.41, 5.74) is 8.64. The summed E-state index contributed by atoms with van der Waals surface area (Å²) >= 11 is 0. The molecule has 3 rings (SSSR count). The van der Waals surface area contributed by atoms with E-state index >= 15 is 0 Å². The first-order chi connectivity index (χ1) is 12.7. The fourth-order valence-electron chi connectivity index (χ4n) is 3.51. The quantitative estimate of drug-likeness (QED) is 0.833. The van der Waals surface area contributed by atoms with Crippen LogP contribution >= 0.6 is 0 Å². The van der Waals surface area contributed by atoms with Gasteiger partial charge >= 0.3 is 0 Å². The zero-order chi connectivity index (χ0) is 18.4. The van der Waals surface area contributed by atoms with E-state index in [9.17, 15) is 4.79 Å². The highest BCUT2D eigenvalue weighted by molar-refractivity contribution is 5.80. The van der Waals surface area contributed by atoms with Crippen LogP contribution in [0.5, 0.6) is 0 Å². The summed E-state index contributed by atoms with van der Waals surface area (Å²) in [4.78, 5) is 15.3. The Kier molecular flexibility index (Phi) is 6.42. The largest absolute Gasteiger partial charge is 0.379 e. The van der Waals surface area contributed by atoms with Gasteiger partial charge in [-0.1, -0.05) is 67.6 Å². The molecule has 0 spiro atoms. The number of carbonyl (C=O) groups excluding carboxylic acids is 1. The van der Waals surface area contributed by atoms with Crippen molar-refractivity contribution >= 4 is 5.91 Å². The lowest BCUT2D eigenvalue weighted by molar-refractivity contribution is -0.138. The maximum atomic E-state index is 13.3. The summed E-state index contributed by atoms with van der Waals surface area (Å²) < 4.78 is 5.54. The molecule has 2 N–H and O–H groups in total. The van der Waals surface area contributed by atoms with Crippen LogP contribution in [0.25, 0.3) is 0 Å². The van der Waals surface area contributed by atoms with Gasteiger partial charge in [-0.15, -0.1) is 0 Å². The molecule has 0 radical (unpaired) electrons. The Morgan fingerprint density at radius 2 is 1.81 bits per heavy atom. The number of hydrogen-bond acceptors (Lipinski definition) is 3. The molecule has 1 aliphatic heterocycles. The number of ether oxygens (including phenoxy) is 1. The van der Waals surface area contributed by atoms with Crippen molar-refractivity contribution in [3.05, 3.63) is 71.8 Å². The van der Waals surface area contributed by atoms with Gasteiger partial charge in [-0.05, 0) is 24.0 Å². The molecule has 0 aromatic heterocycles. The molecule has 26 heavy (non-hydrogen) atoms. The van der Waals surface area contributed by atoms with Gasteiger partial charge in [0.1, 0.15) is 0 Å². The van der Waals surface area contributed by atoms with E-state index in [1.54, 1.807) is 0 Å². The zero-order valence-corrected chi connectivity index (χ0v) is 15.4. The normalized spacial score (nSPS) is 19.1. The van der Waals surface area contributed by atoms with E-state index in [2.05, 4.69) is 12.1 Å². The predicted molar refractivity (Wildman–Crippen MR) is 104 cm³/mol. The van der Waals surface area contributed by atoms with Crippen molar-refractivity contribution in [2.24, 2.45) is 11.7 Å². The Bertz CT molecular complexity index is 684. The molecule has 1 saturated heterocycles. The molecule has 138 valence electrons. The summed E-state index contributed by atoms with van der Waals surface area (Å²) in [6, 6.07) is 20.0. The van der Waals surface area contributed by atoms with E-state index in [1.165, 1.54) is 5.56 Å². The summed E-state index contributed by atoms with van der Waals surface area (Å²) in [6.45, 7) is 3.97. The summed E-state index contributed by atoms with van der Waals surface area (Å²) in [7, 11) is 0. The van der Waals surface area contributed by atoms with Gasteiger partial charge < -0.3 is 15.4 Å². The lowest BCUT2D eigenvalue weighted by Gasteiger charge is -2.32. The first-order valence-electron chi connectivity index (χ1n) is 9.39. The number of benzene rings is 2. The van der Waals surface area contributed by atoms with Crippen molar-refractivity contribution in [2.45, 2.75) is 31.8 Å². The number of rotatable bonds is 7. The van der Waals surface area contributed by atoms with E-state index < -0.39 is 0 Å². The summed E-state index contributed by atoms with van der Waals surface area (Å²) in [5.74, 6) is -0.151. The third-order valence-electron chi connectivity index (χ3n) is 5.23. The molecular weight excluding hydrogens is 324 g/mol. The Morgan fingerprint density at radius 3 is 2.42 bits per heavy atom. The number of hydrogen-bond donors (Lipinski definition) is 1. The molecule has 2 aromatic carbocycles. The van der Waals surface area contributed by atoms with E-state index in [4.69, 9.17) is 10.5 Å². The predicted octanol–water partition coefficient (Wildman–Crippen LogP) is 3.18. The Balaban J connectivity index is 1.71. The first kappa shape index (κ1) is 18.6. The second-order valence-corrected chi connectivity index (χ2v) is 7.01. The van der Waals surface area contributed by atoms with Gasteiger partial charge in [0.25, 0.3) is 0 Å². The van der Waals surface area contributed by atoms with Gasteiger partial charge in [0.05, 0.1) is 18.6 Å². The van der Waals surface area contributed by atoms with Crippen LogP contribution in [0.1, 0.15) is 30.5 Å². The highest BCUT2D eigenvalue weighted by Gasteiger charge is 2.32. The molecular formula is C22H28N2O2. The SMILES string of the molecule is CC(C(=O)N(CCc1ccccc1)C1CCOC1)C(N)c1ccccc1. The molecule has 3 unspecified atom stereocenters. The molecule has 4 nitrogen and oxygen atoms in total. The third kappa shape index (κ3) is 4.51. The fourth-order valence-corrected chi connectivity index (χ4v) is 3.51. The van der Waals surface area contributed by atoms with Gasteiger partial charge in [0, 0.05) is 19.2 Å². The number of nitrogens with zero attached hydrogens (tertiary/aromatic N) is 1. The van der Waals surface area contributed by atoms with Gasteiger partial charge in [0.15, 0.2) is 0 Å². The molecule has 0 aliphatic carbocycles. The van der Waals surface area contributed by atoms with E-state index in [0.717, 1.165) is 25.0 Å². The van der Waals surface area contributed by atoms with Crippen LogP contribution in [0, 0.1) is 5.92 Å². The second kappa shape index (κ2) is 8.97. The van der Waals surface area contributed by atoms with Crippen molar-refractivity contribution in [3.63, 3.8) is 0 Å².